The summed E-state index contributed by atoms with van der Waals surface area (Å²) in [6, 6.07) is 35.7. The molecule has 0 saturated carbocycles. The van der Waals surface area contributed by atoms with Crippen LogP contribution in [0.4, 0.5) is 0 Å². The van der Waals surface area contributed by atoms with Crippen molar-refractivity contribution in [1.82, 2.24) is 4.98 Å². The van der Waals surface area contributed by atoms with Crippen molar-refractivity contribution in [3.8, 4) is 0 Å². The number of aromatic nitrogens is 1. The summed E-state index contributed by atoms with van der Waals surface area (Å²) in [6.45, 7) is 0. The van der Waals surface area contributed by atoms with Crippen molar-refractivity contribution >= 4 is 33.1 Å². The predicted octanol–water partition coefficient (Wildman–Crippen LogP) is 5.27. The Morgan fingerprint density at radius 2 is 1.04 bits per heavy atom. The topological polar surface area (TPSA) is 12.9 Å². The number of nitrogens with zero attached hydrogens (tertiary/aromatic N) is 1. The van der Waals surface area contributed by atoms with Crippen LogP contribution in [-0.4, -0.2) is 4.98 Å². The average molecular weight is 390 g/mol. The molecule has 0 aliphatic heterocycles. The molecule has 1 heterocycles. The Kier molecular flexibility index (Phi) is 4.83. The second-order valence-corrected chi connectivity index (χ2v) is 13.2. The van der Waals surface area contributed by atoms with E-state index in [1.807, 2.05) is 30.5 Å². The third kappa shape index (κ3) is 3.08. The SMILES string of the molecule is ClP(Cc1cccnc1)(c1ccccc1)(c1ccccc1)c1ccccc1. The van der Waals surface area contributed by atoms with Gasteiger partial charge in [-0.15, -0.1) is 0 Å². The molecule has 0 fully saturated rings. The van der Waals surface area contributed by atoms with Crippen LogP contribution in [0.2, 0.25) is 0 Å². The van der Waals surface area contributed by atoms with E-state index in [-0.39, 0.29) is 0 Å². The molecule has 0 saturated heterocycles. The van der Waals surface area contributed by atoms with E-state index in [0.29, 0.717) is 0 Å². The zero-order valence-corrected chi connectivity index (χ0v) is 16.6. The summed E-state index contributed by atoms with van der Waals surface area (Å²) < 4.78 is 0. The summed E-state index contributed by atoms with van der Waals surface area (Å²) >= 11 is 8.01. The summed E-state index contributed by atoms with van der Waals surface area (Å²) in [7, 11) is 0. The Morgan fingerprint density at radius 3 is 1.41 bits per heavy atom. The van der Waals surface area contributed by atoms with Crippen molar-refractivity contribution in [2.24, 2.45) is 0 Å². The van der Waals surface area contributed by atoms with Gasteiger partial charge in [0.05, 0.1) is 0 Å². The molecule has 0 aliphatic rings. The Labute approximate surface area is 165 Å². The third-order valence-corrected chi connectivity index (χ3v) is 12.3. The van der Waals surface area contributed by atoms with Gasteiger partial charge in [-0.2, -0.15) is 0 Å². The summed E-state index contributed by atoms with van der Waals surface area (Å²) in [5.74, 6) is -3.25. The molecule has 3 aromatic carbocycles. The number of hydrogen-bond acceptors (Lipinski definition) is 1. The van der Waals surface area contributed by atoms with E-state index in [4.69, 9.17) is 11.2 Å². The second-order valence-electron chi connectivity index (χ2n) is 6.71. The molecule has 0 aliphatic carbocycles. The van der Waals surface area contributed by atoms with Gasteiger partial charge >= 0.3 is 165 Å². The third-order valence-electron chi connectivity index (χ3n) is 5.09. The first-order chi connectivity index (χ1) is 13.2. The second kappa shape index (κ2) is 7.27. The van der Waals surface area contributed by atoms with Crippen LogP contribution in [0, 0.1) is 0 Å². The van der Waals surface area contributed by atoms with Gasteiger partial charge in [0.1, 0.15) is 0 Å². The number of benzene rings is 3. The molecule has 0 bridgehead atoms. The van der Waals surface area contributed by atoms with Crippen molar-refractivity contribution in [3.63, 3.8) is 0 Å². The Hall–Kier alpha value is -2.47. The van der Waals surface area contributed by atoms with E-state index in [1.165, 1.54) is 15.9 Å². The molecule has 0 unspecified atom stereocenters. The van der Waals surface area contributed by atoms with E-state index in [2.05, 4.69) is 83.8 Å². The molecule has 27 heavy (non-hydrogen) atoms. The summed E-state index contributed by atoms with van der Waals surface area (Å²) in [4.78, 5) is 4.34. The van der Waals surface area contributed by atoms with Gasteiger partial charge in [0.2, 0.25) is 0 Å². The van der Waals surface area contributed by atoms with Gasteiger partial charge in [0, 0.05) is 0 Å². The van der Waals surface area contributed by atoms with Gasteiger partial charge in [0.15, 0.2) is 0 Å². The summed E-state index contributed by atoms with van der Waals surface area (Å²) in [5, 5.41) is 3.52. The zero-order valence-electron chi connectivity index (χ0n) is 14.9. The number of pyridine rings is 1. The molecule has 134 valence electrons. The van der Waals surface area contributed by atoms with Gasteiger partial charge in [-0.3, -0.25) is 0 Å². The molecule has 0 radical (unpaired) electrons. The van der Waals surface area contributed by atoms with Crippen LogP contribution in [0.15, 0.2) is 116 Å². The number of halogens is 1. The minimum absolute atomic E-state index is 0.721. The molecular formula is C24H21ClNP. The molecule has 4 rings (SSSR count). The summed E-state index contributed by atoms with van der Waals surface area (Å²) in [5.41, 5.74) is 1.14. The van der Waals surface area contributed by atoms with Gasteiger partial charge in [-0.25, -0.2) is 0 Å². The fourth-order valence-electron chi connectivity index (χ4n) is 3.77. The molecule has 0 spiro atoms. The first-order valence-electron chi connectivity index (χ1n) is 9.00. The van der Waals surface area contributed by atoms with Crippen molar-refractivity contribution in [2.45, 2.75) is 6.16 Å². The van der Waals surface area contributed by atoms with E-state index in [1.54, 1.807) is 6.20 Å². The van der Waals surface area contributed by atoms with Crippen molar-refractivity contribution in [3.05, 3.63) is 121 Å². The molecule has 1 aromatic heterocycles. The van der Waals surface area contributed by atoms with E-state index in [0.717, 1.165) is 11.7 Å². The van der Waals surface area contributed by atoms with Crippen LogP contribution in [0.3, 0.4) is 0 Å². The first-order valence-corrected chi connectivity index (χ1v) is 12.3. The molecule has 1 nitrogen and oxygen atoms in total. The zero-order chi connectivity index (χ0) is 18.6. The Balaban J connectivity index is 2.09. The maximum atomic E-state index is 8.01. The van der Waals surface area contributed by atoms with Crippen LogP contribution in [0.1, 0.15) is 5.56 Å². The molecule has 4 aromatic rings. The quantitative estimate of drug-likeness (QED) is 0.424. The number of rotatable bonds is 5. The molecule has 0 N–H and O–H groups in total. The van der Waals surface area contributed by atoms with E-state index < -0.39 is 5.96 Å². The Bertz CT molecular complexity index is 906. The molecular weight excluding hydrogens is 369 g/mol. The van der Waals surface area contributed by atoms with E-state index >= 15 is 0 Å². The molecule has 0 atom stereocenters. The van der Waals surface area contributed by atoms with Gasteiger partial charge in [-0.1, -0.05) is 0 Å². The van der Waals surface area contributed by atoms with Crippen molar-refractivity contribution in [2.75, 3.05) is 0 Å². The van der Waals surface area contributed by atoms with Crippen molar-refractivity contribution < 1.29 is 0 Å². The first kappa shape index (κ1) is 17.9. The maximum absolute atomic E-state index is 8.01. The normalized spacial score (nSPS) is 12.9. The summed E-state index contributed by atoms with van der Waals surface area (Å²) in [6.07, 6.45) is 4.46. The molecule has 3 heteroatoms. The van der Waals surface area contributed by atoms with Gasteiger partial charge in [-0.05, 0) is 0 Å². The van der Waals surface area contributed by atoms with Gasteiger partial charge < -0.3 is 0 Å². The van der Waals surface area contributed by atoms with Crippen LogP contribution in [-0.2, 0) is 6.16 Å². The number of hydrogen-bond donors (Lipinski definition) is 0. The minimum atomic E-state index is -3.25. The van der Waals surface area contributed by atoms with Crippen LogP contribution < -0.4 is 15.9 Å². The predicted molar refractivity (Wildman–Crippen MR) is 119 cm³/mol. The fraction of sp³-hybridized carbons (Fsp3) is 0.0417. The van der Waals surface area contributed by atoms with Crippen LogP contribution >= 0.6 is 17.2 Å². The molecule has 0 amide bonds. The average Bonchev–Trinajstić information content (AvgIpc) is 2.76. The van der Waals surface area contributed by atoms with Crippen LogP contribution in [0.5, 0.6) is 0 Å². The standard InChI is InChI=1S/C24H21ClNP/c25-27(22-12-4-1-5-13-22,23-14-6-2-7-15-23,24-16-8-3-9-17-24)20-21-11-10-18-26-19-21/h1-19H,20H2. The monoisotopic (exact) mass is 389 g/mol. The van der Waals surface area contributed by atoms with E-state index in [9.17, 15) is 0 Å². The van der Waals surface area contributed by atoms with Crippen LogP contribution in [0.25, 0.3) is 0 Å². The van der Waals surface area contributed by atoms with Crippen molar-refractivity contribution in [1.29, 1.82) is 0 Å². The fourth-order valence-corrected chi connectivity index (χ4v) is 9.90. The Morgan fingerprint density at radius 1 is 0.593 bits per heavy atom. The van der Waals surface area contributed by atoms with Gasteiger partial charge in [0.25, 0.3) is 0 Å².